The Labute approximate surface area is 594 Å². The van der Waals surface area contributed by atoms with Crippen LogP contribution >= 0.6 is 15.6 Å². The number of phosphoric ester groups is 2. The normalized spacial score (nSPS) is 13.9. The summed E-state index contributed by atoms with van der Waals surface area (Å²) in [6.07, 6.45) is 61.1. The zero-order valence-electron chi connectivity index (χ0n) is 63.2. The third-order valence-corrected chi connectivity index (χ3v) is 20.2. The summed E-state index contributed by atoms with van der Waals surface area (Å²) in [5.74, 6) is -1.39. The van der Waals surface area contributed by atoms with E-state index in [0.717, 1.165) is 95.8 Å². The highest BCUT2D eigenvalue weighted by Crippen LogP contribution is 2.45. The summed E-state index contributed by atoms with van der Waals surface area (Å²) in [5.41, 5.74) is 0. The molecule has 0 aromatic rings. The summed E-state index contributed by atoms with van der Waals surface area (Å²) in [6.45, 7) is 7.27. The van der Waals surface area contributed by atoms with Gasteiger partial charge in [-0.05, 0) is 31.6 Å². The molecule has 0 aliphatic heterocycles. The fourth-order valence-electron chi connectivity index (χ4n) is 12.1. The number of unbranched alkanes of at least 4 members (excludes halogenated alkanes) is 50. The largest absolute Gasteiger partial charge is 0.472 e. The molecule has 0 aliphatic carbocycles. The van der Waals surface area contributed by atoms with Crippen LogP contribution in [-0.4, -0.2) is 96.7 Å². The van der Waals surface area contributed by atoms with Crippen molar-refractivity contribution in [3.05, 3.63) is 0 Å². The monoisotopic (exact) mass is 1420 g/mol. The topological polar surface area (TPSA) is 237 Å². The van der Waals surface area contributed by atoms with Crippen LogP contribution in [0.4, 0.5) is 0 Å². The zero-order valence-corrected chi connectivity index (χ0v) is 65.0. The molecule has 0 radical (unpaired) electrons. The fourth-order valence-corrected chi connectivity index (χ4v) is 13.6. The molecule has 0 saturated carbocycles. The predicted molar refractivity (Wildman–Crippen MR) is 395 cm³/mol. The highest BCUT2D eigenvalue weighted by atomic mass is 31.2. The van der Waals surface area contributed by atoms with Gasteiger partial charge in [0.05, 0.1) is 26.4 Å². The number of rotatable bonds is 78. The van der Waals surface area contributed by atoms with Gasteiger partial charge in [-0.3, -0.25) is 37.3 Å². The first-order chi connectivity index (χ1) is 47.0. The van der Waals surface area contributed by atoms with Gasteiger partial charge in [0.2, 0.25) is 0 Å². The minimum Gasteiger partial charge on any atom is -0.462 e. The van der Waals surface area contributed by atoms with Crippen molar-refractivity contribution in [1.82, 2.24) is 0 Å². The Morgan fingerprint density at radius 2 is 0.474 bits per heavy atom. The Bertz CT molecular complexity index is 1860. The molecule has 0 fully saturated rings. The van der Waals surface area contributed by atoms with Crippen molar-refractivity contribution < 1.29 is 80.2 Å². The van der Waals surface area contributed by atoms with E-state index < -0.39 is 97.5 Å². The van der Waals surface area contributed by atoms with Crippen LogP contribution in [0.25, 0.3) is 0 Å². The van der Waals surface area contributed by atoms with Crippen molar-refractivity contribution in [2.45, 2.75) is 432 Å². The quantitative estimate of drug-likeness (QED) is 0.0222. The van der Waals surface area contributed by atoms with E-state index >= 15 is 0 Å². The Hall–Kier alpha value is -1.94. The van der Waals surface area contributed by atoms with Crippen molar-refractivity contribution in [3.8, 4) is 0 Å². The molecule has 3 N–H and O–H groups in total. The van der Waals surface area contributed by atoms with Crippen molar-refractivity contribution in [1.29, 1.82) is 0 Å². The lowest BCUT2D eigenvalue weighted by molar-refractivity contribution is -0.161. The Morgan fingerprint density at radius 3 is 0.701 bits per heavy atom. The Balaban J connectivity index is 5.23. The van der Waals surface area contributed by atoms with E-state index in [-0.39, 0.29) is 25.7 Å². The maximum Gasteiger partial charge on any atom is 0.472 e. The summed E-state index contributed by atoms with van der Waals surface area (Å²) < 4.78 is 68.6. The van der Waals surface area contributed by atoms with Crippen LogP contribution < -0.4 is 0 Å². The van der Waals surface area contributed by atoms with Crippen LogP contribution in [0.1, 0.15) is 413 Å². The second-order valence-electron chi connectivity index (χ2n) is 28.6. The lowest BCUT2D eigenvalue weighted by Gasteiger charge is -2.21. The van der Waals surface area contributed by atoms with E-state index in [9.17, 15) is 43.2 Å². The molecule has 97 heavy (non-hydrogen) atoms. The van der Waals surface area contributed by atoms with E-state index in [1.807, 2.05) is 0 Å². The SMILES string of the molecule is CCCCCCCCCCCCCCCCCCCCCC(=O)O[C@H](COC(=O)CCCCCCCCCCCCCCCCCC)COP(=O)(O)OC[C@@H](O)COP(=O)(O)OC[C@@H](COC(=O)CCCCCCCCCCCCC)OC(=O)CCCCCCCCCCC(C)C. The van der Waals surface area contributed by atoms with Crippen LogP contribution in [0.5, 0.6) is 0 Å². The van der Waals surface area contributed by atoms with Crippen molar-refractivity contribution >= 4 is 39.5 Å². The van der Waals surface area contributed by atoms with Gasteiger partial charge in [0.25, 0.3) is 0 Å². The number of aliphatic hydroxyl groups excluding tert-OH is 1. The fraction of sp³-hybridized carbons (Fsp3) is 0.949. The number of hydrogen-bond acceptors (Lipinski definition) is 15. The summed E-state index contributed by atoms with van der Waals surface area (Å²) in [7, 11) is -9.91. The number of carbonyl (C=O) groups excluding carboxylic acids is 4. The maximum absolute atomic E-state index is 13.1. The predicted octanol–water partition coefficient (Wildman–Crippen LogP) is 23.3. The molecule has 0 saturated heterocycles. The molecule has 0 bridgehead atoms. The lowest BCUT2D eigenvalue weighted by Crippen LogP contribution is -2.30. The second-order valence-corrected chi connectivity index (χ2v) is 31.5. The van der Waals surface area contributed by atoms with Crippen LogP contribution in [0.15, 0.2) is 0 Å². The molecule has 17 nitrogen and oxygen atoms in total. The van der Waals surface area contributed by atoms with Gasteiger partial charge in [0, 0.05) is 25.7 Å². The minimum absolute atomic E-state index is 0.105. The summed E-state index contributed by atoms with van der Waals surface area (Å²) in [5, 5.41) is 10.6. The van der Waals surface area contributed by atoms with Gasteiger partial charge in [0.1, 0.15) is 19.3 Å². The molecular weight excluding hydrogens is 1270 g/mol. The molecule has 0 heterocycles. The van der Waals surface area contributed by atoms with E-state index in [0.29, 0.717) is 25.7 Å². The molecule has 0 spiro atoms. The van der Waals surface area contributed by atoms with E-state index in [2.05, 4.69) is 34.6 Å². The summed E-state index contributed by atoms with van der Waals surface area (Å²) in [4.78, 5) is 72.9. The third-order valence-electron chi connectivity index (χ3n) is 18.3. The van der Waals surface area contributed by atoms with Crippen LogP contribution in [0, 0.1) is 5.92 Å². The van der Waals surface area contributed by atoms with Gasteiger partial charge < -0.3 is 33.8 Å². The van der Waals surface area contributed by atoms with Gasteiger partial charge in [-0.25, -0.2) is 9.13 Å². The lowest BCUT2D eigenvalue weighted by atomic mass is 10.0. The molecule has 19 heteroatoms. The third kappa shape index (κ3) is 72.2. The first-order valence-corrected chi connectivity index (χ1v) is 43.6. The maximum atomic E-state index is 13.1. The standard InChI is InChI=1S/C78H152O17P2/c1-6-9-12-15-18-21-24-26-28-30-31-32-34-36-39-42-48-53-58-63-77(82)94-73(67-89-76(81)62-57-52-47-41-38-35-33-29-27-25-22-19-16-13-10-7-2)69-92-96(84,85)90-65-72(79)66-91-97(86,87)93-70-74(95-78(83)64-59-54-49-44-43-45-50-55-60-71(4)5)68-88-75(80)61-56-51-46-40-37-23-20-17-14-11-8-3/h71-74,79H,6-70H2,1-5H3,(H,84,85)(H,86,87)/t72-,73-,74-/m1/s1. The van der Waals surface area contributed by atoms with Gasteiger partial charge in [-0.1, -0.05) is 362 Å². The van der Waals surface area contributed by atoms with Gasteiger partial charge in [0.15, 0.2) is 12.2 Å². The molecule has 576 valence electrons. The van der Waals surface area contributed by atoms with Crippen LogP contribution in [0.2, 0.25) is 0 Å². The van der Waals surface area contributed by atoms with Gasteiger partial charge in [-0.15, -0.1) is 0 Å². The smallest absolute Gasteiger partial charge is 0.462 e. The van der Waals surface area contributed by atoms with Gasteiger partial charge >= 0.3 is 39.5 Å². The van der Waals surface area contributed by atoms with Crippen LogP contribution in [-0.2, 0) is 65.4 Å². The van der Waals surface area contributed by atoms with Crippen molar-refractivity contribution in [2.75, 3.05) is 39.6 Å². The highest BCUT2D eigenvalue weighted by Gasteiger charge is 2.30. The molecule has 0 amide bonds. The zero-order chi connectivity index (χ0) is 71.2. The van der Waals surface area contributed by atoms with E-state index in [1.165, 1.54) is 238 Å². The summed E-state index contributed by atoms with van der Waals surface area (Å²) in [6, 6.07) is 0. The minimum atomic E-state index is -4.96. The Morgan fingerprint density at radius 1 is 0.278 bits per heavy atom. The number of aliphatic hydroxyl groups is 1. The number of hydrogen-bond donors (Lipinski definition) is 3. The van der Waals surface area contributed by atoms with Crippen LogP contribution in [0.3, 0.4) is 0 Å². The average molecular weight is 1420 g/mol. The molecule has 0 aromatic heterocycles. The molecule has 0 aliphatic rings. The average Bonchev–Trinajstić information content (AvgIpc) is 1.40. The Kier molecular flexibility index (Phi) is 69.6. The highest BCUT2D eigenvalue weighted by molar-refractivity contribution is 7.47. The van der Waals surface area contributed by atoms with Gasteiger partial charge in [-0.2, -0.15) is 0 Å². The summed E-state index contributed by atoms with van der Waals surface area (Å²) >= 11 is 0. The number of carbonyl (C=O) groups is 4. The van der Waals surface area contributed by atoms with E-state index in [4.69, 9.17) is 37.0 Å². The van der Waals surface area contributed by atoms with Crippen molar-refractivity contribution in [3.63, 3.8) is 0 Å². The first kappa shape index (κ1) is 95.1. The van der Waals surface area contributed by atoms with E-state index in [1.54, 1.807) is 0 Å². The molecule has 2 unspecified atom stereocenters. The molecule has 0 rings (SSSR count). The molecule has 0 aromatic carbocycles. The van der Waals surface area contributed by atoms with Crippen molar-refractivity contribution in [2.24, 2.45) is 5.92 Å². The number of phosphoric acid groups is 2. The number of esters is 4. The number of ether oxygens (including phenoxy) is 4. The molecular formula is C78H152O17P2. The second kappa shape index (κ2) is 71.1. The first-order valence-electron chi connectivity index (χ1n) is 40.6. The molecule has 5 atom stereocenters.